The van der Waals surface area contributed by atoms with E-state index in [2.05, 4.69) is 0 Å². The molecule has 0 saturated heterocycles. The third-order valence-corrected chi connectivity index (χ3v) is 0.904. The monoisotopic (exact) mass is 164 g/mol. The van der Waals surface area contributed by atoms with Crippen LogP contribution in [0.5, 0.6) is 0 Å². The van der Waals surface area contributed by atoms with E-state index >= 15 is 0 Å². The third-order valence-electron chi connectivity index (χ3n) is 0.904. The first kappa shape index (κ1) is 9.97. The van der Waals surface area contributed by atoms with Gasteiger partial charge in [0.15, 0.2) is 17.5 Å². The van der Waals surface area contributed by atoms with Gasteiger partial charge >= 0.3 is 0 Å². The molecule has 0 heterocycles. The molecule has 62 valence electrons. The lowest BCUT2D eigenvalue weighted by molar-refractivity contribution is 0.399. The van der Waals surface area contributed by atoms with Crippen molar-refractivity contribution in [2.45, 2.75) is 0 Å². The average Bonchev–Trinajstić information content (AvgIpc) is 2.04. The lowest BCUT2D eigenvalue weighted by atomic mass is 10.3. The van der Waals surface area contributed by atoms with E-state index in [9.17, 15) is 13.2 Å². The zero-order valence-electron chi connectivity index (χ0n) is 5.81. The van der Waals surface area contributed by atoms with Crippen molar-refractivity contribution in [2.75, 3.05) is 7.11 Å². The Balaban J connectivity index is 0.000000461. The van der Waals surface area contributed by atoms with Gasteiger partial charge in [-0.05, 0) is 12.1 Å². The van der Waals surface area contributed by atoms with E-state index in [1.54, 1.807) is 0 Å². The van der Waals surface area contributed by atoms with Crippen LogP contribution < -0.4 is 0 Å². The summed E-state index contributed by atoms with van der Waals surface area (Å²) >= 11 is 0. The maximum absolute atomic E-state index is 12.0. The van der Waals surface area contributed by atoms with Gasteiger partial charge in [0.1, 0.15) is 0 Å². The van der Waals surface area contributed by atoms with Crippen LogP contribution in [0.25, 0.3) is 0 Å². The minimum atomic E-state index is -1.42. The largest absolute Gasteiger partial charge is 0.400 e. The van der Waals surface area contributed by atoms with Crippen LogP contribution in [0.2, 0.25) is 0 Å². The van der Waals surface area contributed by atoms with Crippen molar-refractivity contribution in [3.63, 3.8) is 0 Å². The molecular formula is C7H7F3O. The molecule has 0 aliphatic rings. The predicted octanol–water partition coefficient (Wildman–Crippen LogP) is 1.71. The molecule has 0 aliphatic heterocycles. The Morgan fingerprint density at radius 3 is 1.64 bits per heavy atom. The third kappa shape index (κ3) is 2.59. The lowest BCUT2D eigenvalue weighted by Crippen LogP contribution is -1.86. The van der Waals surface area contributed by atoms with E-state index < -0.39 is 17.5 Å². The van der Waals surface area contributed by atoms with Crippen LogP contribution in [-0.4, -0.2) is 12.2 Å². The fourth-order valence-electron chi connectivity index (χ4n) is 0.477. The quantitative estimate of drug-likeness (QED) is 0.579. The second-order valence-electron chi connectivity index (χ2n) is 1.54. The highest BCUT2D eigenvalue weighted by Crippen LogP contribution is 2.07. The summed E-state index contributed by atoms with van der Waals surface area (Å²) in [6, 6.07) is 2.82. The summed E-state index contributed by atoms with van der Waals surface area (Å²) < 4.78 is 35.9. The summed E-state index contributed by atoms with van der Waals surface area (Å²) in [6.07, 6.45) is 0. The highest BCUT2D eigenvalue weighted by molar-refractivity contribution is 5.07. The van der Waals surface area contributed by atoms with E-state index in [1.807, 2.05) is 0 Å². The van der Waals surface area contributed by atoms with Crippen LogP contribution >= 0.6 is 0 Å². The molecule has 11 heavy (non-hydrogen) atoms. The standard InChI is InChI=1S/C6H3F3.CH4O/c7-4-2-1-3-5(8)6(4)9;1-2/h1-3H;2H,1H3. The first-order chi connectivity index (χ1) is 5.22. The van der Waals surface area contributed by atoms with Crippen molar-refractivity contribution in [1.82, 2.24) is 0 Å². The molecule has 0 aromatic heterocycles. The summed E-state index contributed by atoms with van der Waals surface area (Å²) in [7, 11) is 1.00. The topological polar surface area (TPSA) is 20.2 Å². The van der Waals surface area contributed by atoms with Crippen molar-refractivity contribution in [3.05, 3.63) is 35.7 Å². The predicted molar refractivity (Wildman–Crippen MR) is 34.5 cm³/mol. The lowest BCUT2D eigenvalue weighted by Gasteiger charge is -1.90. The Morgan fingerprint density at radius 2 is 1.36 bits per heavy atom. The SMILES string of the molecule is CO.Fc1cccc(F)c1F. The number of aliphatic hydroxyl groups is 1. The molecule has 0 atom stereocenters. The van der Waals surface area contributed by atoms with E-state index in [4.69, 9.17) is 5.11 Å². The Kier molecular flexibility index (Phi) is 4.29. The van der Waals surface area contributed by atoms with Gasteiger partial charge in [0.2, 0.25) is 0 Å². The Labute approximate surface area is 62.1 Å². The summed E-state index contributed by atoms with van der Waals surface area (Å²) in [5.41, 5.74) is 0. The van der Waals surface area contributed by atoms with Gasteiger partial charge in [0, 0.05) is 7.11 Å². The van der Waals surface area contributed by atoms with Gasteiger partial charge in [-0.2, -0.15) is 0 Å². The zero-order chi connectivity index (χ0) is 8.85. The van der Waals surface area contributed by atoms with Gasteiger partial charge in [-0.3, -0.25) is 0 Å². The molecule has 0 bridgehead atoms. The molecule has 1 aromatic carbocycles. The van der Waals surface area contributed by atoms with Gasteiger partial charge in [0.25, 0.3) is 0 Å². The summed E-state index contributed by atoms with van der Waals surface area (Å²) in [4.78, 5) is 0. The molecule has 0 fully saturated rings. The Hall–Kier alpha value is -1.03. The number of halogens is 3. The Morgan fingerprint density at radius 1 is 1.00 bits per heavy atom. The van der Waals surface area contributed by atoms with Crippen LogP contribution in [0, 0.1) is 17.5 Å². The molecule has 1 N–H and O–H groups in total. The molecule has 0 spiro atoms. The van der Waals surface area contributed by atoms with E-state index in [1.165, 1.54) is 0 Å². The minimum absolute atomic E-state index is 0.860. The van der Waals surface area contributed by atoms with Crippen molar-refractivity contribution >= 4 is 0 Å². The molecule has 0 saturated carbocycles. The van der Waals surface area contributed by atoms with Crippen LogP contribution in [-0.2, 0) is 0 Å². The molecule has 1 rings (SSSR count). The van der Waals surface area contributed by atoms with Crippen LogP contribution in [0.15, 0.2) is 18.2 Å². The first-order valence-electron chi connectivity index (χ1n) is 2.76. The molecular weight excluding hydrogens is 157 g/mol. The van der Waals surface area contributed by atoms with Crippen molar-refractivity contribution in [1.29, 1.82) is 0 Å². The molecule has 1 aromatic rings. The highest BCUT2D eigenvalue weighted by Gasteiger charge is 2.04. The van der Waals surface area contributed by atoms with Crippen LogP contribution in [0.3, 0.4) is 0 Å². The molecule has 1 nitrogen and oxygen atoms in total. The molecule has 4 heteroatoms. The first-order valence-corrected chi connectivity index (χ1v) is 2.76. The number of aliphatic hydroxyl groups excluding tert-OH is 1. The van der Waals surface area contributed by atoms with Crippen LogP contribution in [0.4, 0.5) is 13.2 Å². The molecule has 0 aliphatic carbocycles. The summed E-state index contributed by atoms with van der Waals surface area (Å²) in [5, 5.41) is 7.00. The van der Waals surface area contributed by atoms with E-state index in [-0.39, 0.29) is 0 Å². The van der Waals surface area contributed by atoms with Gasteiger partial charge in [-0.25, -0.2) is 13.2 Å². The molecule has 0 unspecified atom stereocenters. The minimum Gasteiger partial charge on any atom is -0.400 e. The molecule has 0 radical (unpaired) electrons. The zero-order valence-corrected chi connectivity index (χ0v) is 5.81. The van der Waals surface area contributed by atoms with Crippen molar-refractivity contribution < 1.29 is 18.3 Å². The Bertz CT molecular complexity index is 205. The molecule has 0 amide bonds. The van der Waals surface area contributed by atoms with E-state index in [0.717, 1.165) is 25.3 Å². The smallest absolute Gasteiger partial charge is 0.194 e. The number of rotatable bonds is 0. The number of hydrogen-bond acceptors (Lipinski definition) is 1. The maximum atomic E-state index is 12.0. The maximum Gasteiger partial charge on any atom is 0.194 e. The number of hydrogen-bond donors (Lipinski definition) is 1. The van der Waals surface area contributed by atoms with Crippen LogP contribution in [0.1, 0.15) is 0 Å². The second kappa shape index (κ2) is 4.73. The fourth-order valence-corrected chi connectivity index (χ4v) is 0.477. The number of benzene rings is 1. The highest BCUT2D eigenvalue weighted by atomic mass is 19.2. The van der Waals surface area contributed by atoms with Gasteiger partial charge in [-0.1, -0.05) is 6.07 Å². The average molecular weight is 164 g/mol. The van der Waals surface area contributed by atoms with Crippen molar-refractivity contribution in [2.24, 2.45) is 0 Å². The fraction of sp³-hybridized carbons (Fsp3) is 0.143. The van der Waals surface area contributed by atoms with Gasteiger partial charge in [0.05, 0.1) is 0 Å². The normalized spacial score (nSPS) is 8.45. The van der Waals surface area contributed by atoms with E-state index in [0.29, 0.717) is 0 Å². The van der Waals surface area contributed by atoms with Crippen molar-refractivity contribution in [3.8, 4) is 0 Å². The summed E-state index contributed by atoms with van der Waals surface area (Å²) in [5.74, 6) is -3.73. The second-order valence-corrected chi connectivity index (χ2v) is 1.54. The summed E-state index contributed by atoms with van der Waals surface area (Å²) in [6.45, 7) is 0. The van der Waals surface area contributed by atoms with Gasteiger partial charge < -0.3 is 5.11 Å². The van der Waals surface area contributed by atoms with Gasteiger partial charge in [-0.15, -0.1) is 0 Å².